The van der Waals surface area contributed by atoms with Crippen LogP contribution in [0.3, 0.4) is 0 Å². The number of nitrogens with zero attached hydrogens (tertiary/aromatic N) is 2. The van der Waals surface area contributed by atoms with Crippen LogP contribution in [-0.4, -0.2) is 6.71 Å². The van der Waals surface area contributed by atoms with Crippen molar-refractivity contribution in [3.8, 4) is 22.3 Å². The predicted molar refractivity (Wildman–Crippen MR) is 310 cm³/mol. The molecule has 0 spiro atoms. The molecule has 0 N–H and O–H groups in total. The van der Waals surface area contributed by atoms with Gasteiger partial charge in [-0.2, -0.15) is 0 Å². The number of thiophene rings is 1. The Bertz CT molecular complexity index is 3530. The van der Waals surface area contributed by atoms with Crippen LogP contribution in [0.2, 0.25) is 0 Å². The molecule has 0 bridgehead atoms. The number of fused-ring (bicyclic) bond motifs is 10. The van der Waals surface area contributed by atoms with Gasteiger partial charge in [0.25, 0.3) is 6.71 Å². The third kappa shape index (κ3) is 6.86. The molecule has 0 saturated carbocycles. The molecule has 71 heavy (non-hydrogen) atoms. The van der Waals surface area contributed by atoms with E-state index in [1.54, 1.807) is 0 Å². The first-order valence-corrected chi connectivity index (χ1v) is 27.2. The van der Waals surface area contributed by atoms with Crippen molar-refractivity contribution in [3.63, 3.8) is 0 Å². The Kier molecular flexibility index (Phi) is 9.84. The summed E-state index contributed by atoms with van der Waals surface area (Å²) in [6.07, 6.45) is 2.37. The molecule has 0 fully saturated rings. The highest BCUT2D eigenvalue weighted by molar-refractivity contribution is 7.26. The Morgan fingerprint density at radius 3 is 1.79 bits per heavy atom. The molecule has 2 aliphatic heterocycles. The van der Waals surface area contributed by atoms with Crippen LogP contribution in [0.4, 0.5) is 33.4 Å². The minimum absolute atomic E-state index is 0.000669. The fourth-order valence-electron chi connectivity index (χ4n) is 13.2. The van der Waals surface area contributed by atoms with E-state index in [1.807, 2.05) is 11.3 Å². The predicted octanol–water partition coefficient (Wildman–Crippen LogP) is 17.2. The first-order valence-electron chi connectivity index (χ1n) is 26.3. The van der Waals surface area contributed by atoms with Crippen molar-refractivity contribution in [2.75, 3.05) is 9.80 Å². The van der Waals surface area contributed by atoms with E-state index in [-0.39, 0.29) is 39.2 Å². The Hall–Kier alpha value is -5.84. The van der Waals surface area contributed by atoms with Crippen LogP contribution in [0.5, 0.6) is 0 Å². The maximum atomic E-state index is 2.71. The highest BCUT2D eigenvalue weighted by Crippen LogP contribution is 2.57. The summed E-state index contributed by atoms with van der Waals surface area (Å²) in [5.74, 6) is 0. The molecular formula is C67H71BN2S. The van der Waals surface area contributed by atoms with Crippen molar-refractivity contribution in [2.24, 2.45) is 0 Å². The Morgan fingerprint density at radius 2 is 1.11 bits per heavy atom. The molecule has 8 aromatic rings. The molecule has 4 heteroatoms. The number of hydrogen-bond acceptors (Lipinski definition) is 3. The zero-order valence-electron chi connectivity index (χ0n) is 45.0. The molecule has 0 saturated heterocycles. The minimum atomic E-state index is -0.144. The average molecular weight is 947 g/mol. The van der Waals surface area contributed by atoms with E-state index in [4.69, 9.17) is 0 Å². The van der Waals surface area contributed by atoms with Crippen LogP contribution < -0.4 is 26.2 Å². The maximum absolute atomic E-state index is 2.71. The first-order chi connectivity index (χ1) is 33.4. The molecule has 0 atom stereocenters. The lowest BCUT2D eigenvalue weighted by Crippen LogP contribution is -2.61. The molecule has 7 aromatic carbocycles. The van der Waals surface area contributed by atoms with Crippen molar-refractivity contribution >= 4 is 78.0 Å². The molecule has 0 unspecified atom stereocenters. The topological polar surface area (TPSA) is 6.48 Å². The average Bonchev–Trinajstić information content (AvgIpc) is 3.80. The van der Waals surface area contributed by atoms with Crippen LogP contribution in [-0.2, 0) is 32.5 Å². The summed E-state index contributed by atoms with van der Waals surface area (Å²) >= 11 is 2.01. The highest BCUT2D eigenvalue weighted by atomic mass is 32.1. The van der Waals surface area contributed by atoms with Crippen LogP contribution in [0.1, 0.15) is 156 Å². The second-order valence-electron chi connectivity index (χ2n) is 26.5. The lowest BCUT2D eigenvalue weighted by molar-refractivity contribution is 0.332. The van der Waals surface area contributed by atoms with E-state index in [0.717, 1.165) is 0 Å². The van der Waals surface area contributed by atoms with Gasteiger partial charge in [-0.3, -0.25) is 0 Å². The molecule has 358 valence electrons. The van der Waals surface area contributed by atoms with E-state index < -0.39 is 0 Å². The van der Waals surface area contributed by atoms with E-state index in [1.165, 1.54) is 134 Å². The molecule has 4 aliphatic rings. The highest BCUT2D eigenvalue weighted by Gasteiger charge is 2.48. The number of hydrogen-bond donors (Lipinski definition) is 0. The molecular weight excluding hydrogens is 876 g/mol. The fraction of sp³-hybridized carbons (Fsp3) is 0.343. The van der Waals surface area contributed by atoms with E-state index >= 15 is 0 Å². The van der Waals surface area contributed by atoms with Gasteiger partial charge in [-0.25, -0.2) is 0 Å². The van der Waals surface area contributed by atoms with Gasteiger partial charge in [0.1, 0.15) is 0 Å². The normalized spacial score (nSPS) is 17.1. The van der Waals surface area contributed by atoms with Crippen molar-refractivity contribution in [1.82, 2.24) is 0 Å². The third-order valence-corrected chi connectivity index (χ3v) is 18.5. The summed E-state index contributed by atoms with van der Waals surface area (Å²) in [4.78, 5) is 5.41. The van der Waals surface area contributed by atoms with Gasteiger partial charge in [0.2, 0.25) is 0 Å². The van der Waals surface area contributed by atoms with Crippen molar-refractivity contribution in [1.29, 1.82) is 0 Å². The van der Waals surface area contributed by atoms with E-state index in [0.29, 0.717) is 0 Å². The van der Waals surface area contributed by atoms with E-state index in [9.17, 15) is 0 Å². The lowest BCUT2D eigenvalue weighted by Gasteiger charge is -2.45. The van der Waals surface area contributed by atoms with Gasteiger partial charge in [-0.1, -0.05) is 189 Å². The number of rotatable bonds is 3. The Labute approximate surface area is 429 Å². The lowest BCUT2D eigenvalue weighted by atomic mass is 9.33. The maximum Gasteiger partial charge on any atom is 0.254 e. The van der Waals surface area contributed by atoms with Gasteiger partial charge in [0, 0.05) is 38.4 Å². The standard InChI is InChI=1S/C67H71BN2S/c1-62(2,3)42-28-31-52-54(36-42)70(53-27-21-26-48-58(53)44-24-19-20-25-46(44)67(48,14)15)56-35-41(40-22-17-16-18-23-40)34-55-60(56)68(52)59-45-38-50-51(66(12,13)33-32-65(50,10)11)39-57(45)71-61(59)69(55)43-29-30-47(63(4,5)6)49(37-43)64(7,8)9/h16-31,34-39H,32-33H2,1-15H3. The summed E-state index contributed by atoms with van der Waals surface area (Å²) in [5, 5.41) is 2.75. The van der Waals surface area contributed by atoms with Crippen LogP contribution in [0, 0.1) is 0 Å². The van der Waals surface area contributed by atoms with Crippen molar-refractivity contribution < 1.29 is 0 Å². The Morgan fingerprint density at radius 1 is 0.479 bits per heavy atom. The number of benzene rings is 7. The smallest absolute Gasteiger partial charge is 0.254 e. The van der Waals surface area contributed by atoms with Crippen LogP contribution in [0.15, 0.2) is 133 Å². The second kappa shape index (κ2) is 15.1. The molecule has 3 heterocycles. The van der Waals surface area contributed by atoms with Gasteiger partial charge in [0.05, 0.1) is 10.7 Å². The van der Waals surface area contributed by atoms with Gasteiger partial charge in [-0.05, 0) is 166 Å². The summed E-state index contributed by atoms with van der Waals surface area (Å²) < 4.78 is 1.39. The molecule has 0 amide bonds. The zero-order valence-corrected chi connectivity index (χ0v) is 45.8. The van der Waals surface area contributed by atoms with Crippen LogP contribution in [0.25, 0.3) is 32.3 Å². The summed E-state index contributed by atoms with van der Waals surface area (Å²) in [6.45, 7) is 36.1. The zero-order chi connectivity index (χ0) is 50.1. The minimum Gasteiger partial charge on any atom is -0.311 e. The fourth-order valence-corrected chi connectivity index (χ4v) is 14.5. The monoisotopic (exact) mass is 947 g/mol. The molecule has 12 rings (SSSR count). The molecule has 0 radical (unpaired) electrons. The van der Waals surface area contributed by atoms with Gasteiger partial charge in [-0.15, -0.1) is 11.3 Å². The summed E-state index contributed by atoms with van der Waals surface area (Å²) in [6, 6.07) is 52.8. The molecule has 1 aromatic heterocycles. The van der Waals surface area contributed by atoms with Crippen LogP contribution >= 0.6 is 11.3 Å². The van der Waals surface area contributed by atoms with Gasteiger partial charge in [0.15, 0.2) is 0 Å². The first kappa shape index (κ1) is 46.2. The summed E-state index contributed by atoms with van der Waals surface area (Å²) in [5.41, 5.74) is 25.5. The van der Waals surface area contributed by atoms with Gasteiger partial charge < -0.3 is 9.80 Å². The second-order valence-corrected chi connectivity index (χ2v) is 27.5. The van der Waals surface area contributed by atoms with E-state index in [2.05, 4.69) is 247 Å². The summed E-state index contributed by atoms with van der Waals surface area (Å²) in [7, 11) is 0. The largest absolute Gasteiger partial charge is 0.311 e. The number of anilines is 6. The quantitative estimate of drug-likeness (QED) is 0.163. The molecule has 2 aliphatic carbocycles. The SMILES string of the molecule is CC(C)(C)c1ccc2c(c1)N(c1cccc3c1-c1ccccc1C3(C)C)c1cc(-c3ccccc3)cc3c1B2c1c(sc2cc4c(cc12)C(C)(C)CCC4(C)C)N3c1ccc(C(C)(C)C)c(C(C)(C)C)c1. The third-order valence-electron chi connectivity index (χ3n) is 17.3. The van der Waals surface area contributed by atoms with Crippen molar-refractivity contribution in [3.05, 3.63) is 172 Å². The molecule has 2 nitrogen and oxygen atoms in total. The van der Waals surface area contributed by atoms with Gasteiger partial charge >= 0.3 is 0 Å². The Balaban J connectivity index is 1.26. The van der Waals surface area contributed by atoms with Crippen molar-refractivity contribution in [2.45, 2.75) is 149 Å².